The van der Waals surface area contributed by atoms with E-state index in [-0.39, 0.29) is 0 Å². The van der Waals surface area contributed by atoms with Crippen LogP contribution in [0.15, 0.2) is 0 Å². The molecule has 6 heteroatoms. The molecular formula is C6H17NO4P+. The maximum absolute atomic E-state index is 10.5. The van der Waals surface area contributed by atoms with Gasteiger partial charge < -0.3 is 14.3 Å². The zero-order valence-electron chi connectivity index (χ0n) is 7.89. The summed E-state index contributed by atoms with van der Waals surface area (Å²) in [4.78, 5) is 17.1. The smallest absolute Gasteiger partial charge is 0.305 e. The van der Waals surface area contributed by atoms with Gasteiger partial charge in [0.05, 0.1) is 21.1 Å². The fraction of sp³-hybridized carbons (Fsp3) is 1.00. The highest BCUT2D eigenvalue weighted by Gasteiger charge is 2.30. The Labute approximate surface area is 72.8 Å². The molecule has 0 bridgehead atoms. The van der Waals surface area contributed by atoms with E-state index in [1.807, 2.05) is 28.1 Å². The van der Waals surface area contributed by atoms with Crippen LogP contribution in [-0.4, -0.2) is 41.6 Å². The zero-order chi connectivity index (χ0) is 9.99. The summed E-state index contributed by atoms with van der Waals surface area (Å²) in [5.41, 5.74) is 0. The molecule has 0 radical (unpaired) electrons. The molecule has 0 aromatic carbocycles. The highest BCUT2D eigenvalue weighted by Crippen LogP contribution is 2.39. The Morgan fingerprint density at radius 1 is 1.42 bits per heavy atom. The predicted octanol–water partition coefficient (Wildman–Crippen LogP) is 0.538. The monoisotopic (exact) mass is 198 g/mol. The van der Waals surface area contributed by atoms with Gasteiger partial charge in [-0.2, -0.15) is 0 Å². The highest BCUT2D eigenvalue weighted by molar-refractivity contribution is 7.46. The zero-order valence-corrected chi connectivity index (χ0v) is 8.78. The molecule has 0 saturated carbocycles. The summed E-state index contributed by atoms with van der Waals surface area (Å²) in [6.07, 6.45) is 0.0973. The quantitative estimate of drug-likeness (QED) is 0.393. The minimum absolute atomic E-state index is 0.377. The van der Waals surface area contributed by atoms with E-state index in [1.54, 1.807) is 0 Å². The van der Waals surface area contributed by atoms with Gasteiger partial charge in [-0.25, -0.2) is 9.09 Å². The Morgan fingerprint density at radius 2 is 1.83 bits per heavy atom. The Bertz CT molecular complexity index is 182. The summed E-state index contributed by atoms with van der Waals surface area (Å²) in [7, 11) is 1.12. The lowest BCUT2D eigenvalue weighted by molar-refractivity contribution is -0.915. The molecule has 5 nitrogen and oxygen atoms in total. The van der Waals surface area contributed by atoms with E-state index in [2.05, 4.69) is 4.52 Å². The van der Waals surface area contributed by atoms with E-state index in [0.717, 1.165) is 0 Å². The maximum atomic E-state index is 10.5. The van der Waals surface area contributed by atoms with E-state index in [9.17, 15) is 4.57 Å². The van der Waals surface area contributed by atoms with E-state index in [0.29, 0.717) is 10.9 Å². The van der Waals surface area contributed by atoms with Crippen molar-refractivity contribution < 1.29 is 23.4 Å². The molecule has 0 fully saturated rings. The third-order valence-electron chi connectivity index (χ3n) is 1.47. The van der Waals surface area contributed by atoms with Crippen LogP contribution in [0.5, 0.6) is 0 Å². The normalized spacial score (nSPS) is 16.2. The predicted molar refractivity (Wildman–Crippen MR) is 45.2 cm³/mol. The van der Waals surface area contributed by atoms with Gasteiger partial charge in [-0.05, 0) is 0 Å². The van der Waals surface area contributed by atoms with Crippen LogP contribution < -0.4 is 0 Å². The molecule has 12 heavy (non-hydrogen) atoms. The summed E-state index contributed by atoms with van der Waals surface area (Å²) >= 11 is 0. The SMILES string of the molecule is CCC(OP(=O)(O)O)[N+](C)(C)C. The Morgan fingerprint density at radius 3 is 1.92 bits per heavy atom. The number of nitrogens with zero attached hydrogens (tertiary/aromatic N) is 1. The van der Waals surface area contributed by atoms with Crippen molar-refractivity contribution >= 4 is 7.82 Å². The number of hydrogen-bond donors (Lipinski definition) is 2. The number of phosphoric ester groups is 1. The van der Waals surface area contributed by atoms with Crippen LogP contribution in [0.4, 0.5) is 0 Å². The summed E-state index contributed by atoms with van der Waals surface area (Å²) in [6.45, 7) is 1.82. The number of quaternary nitrogens is 1. The molecule has 0 rings (SSSR count). The van der Waals surface area contributed by atoms with Gasteiger partial charge in [0.25, 0.3) is 0 Å². The third kappa shape index (κ3) is 4.85. The lowest BCUT2D eigenvalue weighted by Crippen LogP contribution is -2.45. The van der Waals surface area contributed by atoms with E-state index >= 15 is 0 Å². The molecule has 0 heterocycles. The molecule has 0 aliphatic heterocycles. The maximum Gasteiger partial charge on any atom is 0.474 e. The molecule has 74 valence electrons. The van der Waals surface area contributed by atoms with Crippen LogP contribution in [-0.2, 0) is 9.09 Å². The van der Waals surface area contributed by atoms with Crippen molar-refractivity contribution in [3.8, 4) is 0 Å². The Kier molecular flexibility index (Phi) is 3.87. The lowest BCUT2D eigenvalue weighted by Gasteiger charge is -2.32. The second-order valence-corrected chi connectivity index (χ2v) is 4.77. The molecule has 0 aromatic heterocycles. The largest absolute Gasteiger partial charge is 0.474 e. The minimum Gasteiger partial charge on any atom is -0.305 e. The van der Waals surface area contributed by atoms with Crippen molar-refractivity contribution in [3.05, 3.63) is 0 Å². The molecule has 0 spiro atoms. The van der Waals surface area contributed by atoms with E-state index in [1.165, 1.54) is 0 Å². The van der Waals surface area contributed by atoms with Crippen LogP contribution in [0, 0.1) is 0 Å². The molecule has 0 aliphatic carbocycles. The Hall–Kier alpha value is 0.0700. The van der Waals surface area contributed by atoms with Gasteiger partial charge in [0.1, 0.15) is 0 Å². The molecule has 0 aliphatic rings. The second-order valence-electron chi connectivity index (χ2n) is 3.58. The van der Waals surface area contributed by atoms with Gasteiger partial charge in [0.2, 0.25) is 6.23 Å². The van der Waals surface area contributed by atoms with Gasteiger partial charge in [0.15, 0.2) is 0 Å². The number of hydrogen-bond acceptors (Lipinski definition) is 2. The van der Waals surface area contributed by atoms with Crippen molar-refractivity contribution in [2.75, 3.05) is 21.1 Å². The van der Waals surface area contributed by atoms with Crippen LogP contribution in [0.3, 0.4) is 0 Å². The molecule has 1 unspecified atom stereocenters. The van der Waals surface area contributed by atoms with Gasteiger partial charge in [-0.1, -0.05) is 6.92 Å². The minimum atomic E-state index is -4.35. The summed E-state index contributed by atoms with van der Waals surface area (Å²) in [5, 5.41) is 0. The molecule has 1 atom stereocenters. The first-order valence-corrected chi connectivity index (χ1v) is 5.25. The van der Waals surface area contributed by atoms with Crippen LogP contribution in [0.1, 0.15) is 13.3 Å². The fourth-order valence-corrected chi connectivity index (χ4v) is 1.67. The number of phosphoric acid groups is 1. The molecular weight excluding hydrogens is 181 g/mol. The van der Waals surface area contributed by atoms with Gasteiger partial charge >= 0.3 is 7.82 Å². The average molecular weight is 198 g/mol. The van der Waals surface area contributed by atoms with Crippen molar-refractivity contribution in [1.82, 2.24) is 0 Å². The molecule has 2 N–H and O–H groups in total. The van der Waals surface area contributed by atoms with Crippen molar-refractivity contribution in [2.24, 2.45) is 0 Å². The summed E-state index contributed by atoms with van der Waals surface area (Å²) < 4.78 is 15.5. The second kappa shape index (κ2) is 3.85. The first-order valence-electron chi connectivity index (χ1n) is 3.72. The standard InChI is InChI=1S/C6H16NO4P/c1-5-6(7(2,3)4)11-12(8,9)10/h6H,5H2,1-4H3,(H-,8,9,10)/p+1. The highest BCUT2D eigenvalue weighted by atomic mass is 31.2. The average Bonchev–Trinajstić information content (AvgIpc) is 1.78. The fourth-order valence-electron chi connectivity index (χ4n) is 0.922. The Balaban J connectivity index is 4.30. The first-order chi connectivity index (χ1) is 5.17. The van der Waals surface area contributed by atoms with Crippen LogP contribution >= 0.6 is 7.82 Å². The summed E-state index contributed by atoms with van der Waals surface area (Å²) in [5.74, 6) is 0. The topological polar surface area (TPSA) is 66.8 Å². The summed E-state index contributed by atoms with van der Waals surface area (Å²) in [6, 6.07) is 0. The van der Waals surface area contributed by atoms with Gasteiger partial charge in [-0.3, -0.25) is 0 Å². The van der Waals surface area contributed by atoms with Gasteiger partial charge in [-0.15, -0.1) is 0 Å². The van der Waals surface area contributed by atoms with Gasteiger partial charge in [0, 0.05) is 6.42 Å². The van der Waals surface area contributed by atoms with Crippen LogP contribution in [0.2, 0.25) is 0 Å². The van der Waals surface area contributed by atoms with Crippen molar-refractivity contribution in [3.63, 3.8) is 0 Å². The van der Waals surface area contributed by atoms with Crippen LogP contribution in [0.25, 0.3) is 0 Å². The number of rotatable bonds is 4. The van der Waals surface area contributed by atoms with E-state index in [4.69, 9.17) is 9.79 Å². The lowest BCUT2D eigenvalue weighted by atomic mass is 10.4. The van der Waals surface area contributed by atoms with Crippen molar-refractivity contribution in [2.45, 2.75) is 19.6 Å². The first kappa shape index (κ1) is 12.1. The van der Waals surface area contributed by atoms with Crippen molar-refractivity contribution in [1.29, 1.82) is 0 Å². The molecule has 0 aromatic rings. The van der Waals surface area contributed by atoms with E-state index < -0.39 is 14.1 Å². The third-order valence-corrected chi connectivity index (χ3v) is 1.99. The molecule has 0 amide bonds. The molecule has 0 saturated heterocycles.